The van der Waals surface area contributed by atoms with Gasteiger partial charge >= 0.3 is 0 Å². The van der Waals surface area contributed by atoms with E-state index in [9.17, 15) is 4.79 Å². The van der Waals surface area contributed by atoms with Crippen LogP contribution in [0.15, 0.2) is 60.7 Å². The van der Waals surface area contributed by atoms with E-state index in [0.29, 0.717) is 18.4 Å². The number of ether oxygens (including phenoxy) is 2. The van der Waals surface area contributed by atoms with Crippen molar-refractivity contribution >= 4 is 22.5 Å². The van der Waals surface area contributed by atoms with Gasteiger partial charge in [0.25, 0.3) is 0 Å². The number of anilines is 1. The molecular formula is C31H33N3O3. The highest BCUT2D eigenvalue weighted by molar-refractivity contribution is 5.89. The molecule has 0 spiro atoms. The van der Waals surface area contributed by atoms with Crippen LogP contribution < -0.4 is 14.8 Å². The maximum Gasteiger partial charge on any atom is 0.221 e. The lowest BCUT2D eigenvalue weighted by molar-refractivity contribution is -0.114. The summed E-state index contributed by atoms with van der Waals surface area (Å²) in [6.45, 7) is 6.49. The van der Waals surface area contributed by atoms with Crippen molar-refractivity contribution in [2.45, 2.75) is 40.0 Å². The normalized spacial score (nSPS) is 17.3. The van der Waals surface area contributed by atoms with E-state index in [1.807, 2.05) is 43.3 Å². The van der Waals surface area contributed by atoms with Gasteiger partial charge in [0, 0.05) is 24.1 Å². The fourth-order valence-corrected chi connectivity index (χ4v) is 5.26. The highest BCUT2D eigenvalue weighted by Crippen LogP contribution is 2.35. The number of hydrogen-bond donors (Lipinski definition) is 1. The van der Waals surface area contributed by atoms with Gasteiger partial charge < -0.3 is 14.8 Å². The summed E-state index contributed by atoms with van der Waals surface area (Å²) in [6, 6.07) is 20.5. The second-order valence-electron chi connectivity index (χ2n) is 9.96. The summed E-state index contributed by atoms with van der Waals surface area (Å²) in [4.78, 5) is 20.8. The molecule has 37 heavy (non-hydrogen) atoms. The number of fused-ring (bicyclic) bond motifs is 2. The van der Waals surface area contributed by atoms with Gasteiger partial charge in [-0.3, -0.25) is 4.79 Å². The van der Waals surface area contributed by atoms with Crippen LogP contribution >= 0.6 is 0 Å². The van der Waals surface area contributed by atoms with Crippen molar-refractivity contribution in [3.63, 3.8) is 0 Å². The van der Waals surface area contributed by atoms with Crippen LogP contribution in [0.25, 0.3) is 22.0 Å². The van der Waals surface area contributed by atoms with E-state index in [-0.39, 0.29) is 5.91 Å². The zero-order valence-corrected chi connectivity index (χ0v) is 21.9. The first-order valence-corrected chi connectivity index (χ1v) is 12.8. The largest absolute Gasteiger partial charge is 0.497 e. The van der Waals surface area contributed by atoms with E-state index in [1.54, 1.807) is 7.11 Å². The number of rotatable bonds is 5. The standard InChI is InChI=1S/C31H33N3O3/c1-19-15-25-16-24(22-5-8-26(9-6-22)34-21(3)35)7-12-31(25)37-14-13-23(19)17-29-28-11-10-27(36-4)18-30(28)33-20(2)32-29/h5-12,16,18-19,23H,13-15,17H2,1-4H3,(H,34,35). The zero-order chi connectivity index (χ0) is 25.9. The molecule has 4 aromatic rings. The van der Waals surface area contributed by atoms with Gasteiger partial charge in [-0.1, -0.05) is 25.1 Å². The molecule has 0 radical (unpaired) electrons. The Morgan fingerprint density at radius 3 is 2.59 bits per heavy atom. The predicted molar refractivity (Wildman–Crippen MR) is 147 cm³/mol. The summed E-state index contributed by atoms with van der Waals surface area (Å²) < 4.78 is 11.6. The van der Waals surface area contributed by atoms with E-state index in [4.69, 9.17) is 14.5 Å². The first kappa shape index (κ1) is 24.8. The molecular weight excluding hydrogens is 462 g/mol. The van der Waals surface area contributed by atoms with E-state index < -0.39 is 0 Å². The number of aromatic nitrogens is 2. The Bertz CT molecular complexity index is 1430. The first-order chi connectivity index (χ1) is 17.9. The van der Waals surface area contributed by atoms with Crippen molar-refractivity contribution in [1.82, 2.24) is 9.97 Å². The van der Waals surface area contributed by atoms with Crippen LogP contribution in [0.1, 0.15) is 37.4 Å². The van der Waals surface area contributed by atoms with Gasteiger partial charge in [0.1, 0.15) is 17.3 Å². The van der Waals surface area contributed by atoms with Crippen molar-refractivity contribution < 1.29 is 14.3 Å². The third-order valence-electron chi connectivity index (χ3n) is 7.24. The lowest BCUT2D eigenvalue weighted by Gasteiger charge is -2.28. The highest BCUT2D eigenvalue weighted by Gasteiger charge is 2.24. The fourth-order valence-electron chi connectivity index (χ4n) is 5.26. The smallest absolute Gasteiger partial charge is 0.221 e. The molecule has 2 atom stereocenters. The lowest BCUT2D eigenvalue weighted by Crippen LogP contribution is -2.23. The summed E-state index contributed by atoms with van der Waals surface area (Å²) >= 11 is 0. The van der Waals surface area contributed by atoms with Crippen LogP contribution in [0.3, 0.4) is 0 Å². The second kappa shape index (κ2) is 10.6. The number of methoxy groups -OCH3 is 1. The SMILES string of the molecule is COc1ccc2c(CC3CCOc4ccc(-c5ccc(NC(C)=O)cc5)cc4CC3C)nc(C)nc2c1. The van der Waals surface area contributed by atoms with Crippen LogP contribution in [0.4, 0.5) is 5.69 Å². The second-order valence-corrected chi connectivity index (χ2v) is 9.96. The Morgan fingerprint density at radius 1 is 1.05 bits per heavy atom. The summed E-state index contributed by atoms with van der Waals surface area (Å²) in [5.74, 6) is 3.39. The monoisotopic (exact) mass is 495 g/mol. The van der Waals surface area contributed by atoms with Crippen LogP contribution in [0.5, 0.6) is 11.5 Å². The zero-order valence-electron chi connectivity index (χ0n) is 21.9. The number of aryl methyl sites for hydroxylation is 1. The van der Waals surface area contributed by atoms with Gasteiger partial charge in [0.2, 0.25) is 5.91 Å². The van der Waals surface area contributed by atoms with Gasteiger partial charge in [0.05, 0.1) is 24.9 Å². The Labute approximate surface area is 218 Å². The van der Waals surface area contributed by atoms with Gasteiger partial charge in [-0.05, 0) is 91.1 Å². The molecule has 1 amide bonds. The molecule has 0 saturated carbocycles. The number of hydrogen-bond acceptors (Lipinski definition) is 5. The molecule has 6 nitrogen and oxygen atoms in total. The molecule has 0 bridgehead atoms. The van der Waals surface area contributed by atoms with E-state index in [1.165, 1.54) is 12.5 Å². The van der Waals surface area contributed by atoms with Crippen molar-refractivity contribution in [2.24, 2.45) is 11.8 Å². The molecule has 1 N–H and O–H groups in total. The van der Waals surface area contributed by atoms with Crippen molar-refractivity contribution in [2.75, 3.05) is 19.0 Å². The van der Waals surface area contributed by atoms with Crippen LogP contribution in [0.2, 0.25) is 0 Å². The third-order valence-corrected chi connectivity index (χ3v) is 7.24. The first-order valence-electron chi connectivity index (χ1n) is 12.8. The van der Waals surface area contributed by atoms with E-state index in [2.05, 4.69) is 41.5 Å². The molecule has 0 saturated heterocycles. The number of carbonyl (C=O) groups excluding carboxylic acids is 1. The van der Waals surface area contributed by atoms with Crippen molar-refractivity contribution in [1.29, 1.82) is 0 Å². The molecule has 5 rings (SSSR count). The Kier molecular flexibility index (Phi) is 7.08. The quantitative estimate of drug-likeness (QED) is 0.347. The van der Waals surface area contributed by atoms with E-state index >= 15 is 0 Å². The van der Waals surface area contributed by atoms with E-state index in [0.717, 1.165) is 70.0 Å². The average molecular weight is 496 g/mol. The molecule has 0 fully saturated rings. The van der Waals surface area contributed by atoms with Crippen molar-refractivity contribution in [3.8, 4) is 22.6 Å². The Hall–Kier alpha value is -3.93. The molecule has 2 unspecified atom stereocenters. The van der Waals surface area contributed by atoms with Crippen LogP contribution in [0, 0.1) is 18.8 Å². The van der Waals surface area contributed by atoms with Crippen LogP contribution in [-0.4, -0.2) is 29.6 Å². The molecule has 1 aliphatic rings. The fraction of sp³-hybridized carbons (Fsp3) is 0.323. The summed E-state index contributed by atoms with van der Waals surface area (Å²) in [5.41, 5.74) is 6.31. The molecule has 0 aliphatic carbocycles. The third kappa shape index (κ3) is 5.58. The number of amides is 1. The minimum Gasteiger partial charge on any atom is -0.497 e. The molecule has 1 aromatic heterocycles. The number of carbonyl (C=O) groups is 1. The van der Waals surface area contributed by atoms with Gasteiger partial charge in [0.15, 0.2) is 0 Å². The topological polar surface area (TPSA) is 73.3 Å². The number of benzene rings is 3. The maximum atomic E-state index is 11.3. The van der Waals surface area contributed by atoms with Gasteiger partial charge in [-0.15, -0.1) is 0 Å². The number of nitrogens with zero attached hydrogens (tertiary/aromatic N) is 2. The summed E-state index contributed by atoms with van der Waals surface area (Å²) in [6.07, 6.45) is 2.80. The summed E-state index contributed by atoms with van der Waals surface area (Å²) in [7, 11) is 1.68. The highest BCUT2D eigenvalue weighted by atomic mass is 16.5. The minimum atomic E-state index is -0.0700. The maximum absolute atomic E-state index is 11.3. The molecule has 6 heteroatoms. The molecule has 190 valence electrons. The predicted octanol–water partition coefficient (Wildman–Crippen LogP) is 6.39. The van der Waals surface area contributed by atoms with Crippen molar-refractivity contribution in [3.05, 3.63) is 77.7 Å². The number of nitrogens with one attached hydrogen (secondary N) is 1. The lowest BCUT2D eigenvalue weighted by atomic mass is 9.81. The van der Waals surface area contributed by atoms with Gasteiger partial charge in [-0.25, -0.2) is 9.97 Å². The van der Waals surface area contributed by atoms with Crippen LogP contribution in [-0.2, 0) is 17.6 Å². The Balaban J connectivity index is 1.38. The van der Waals surface area contributed by atoms with Gasteiger partial charge in [-0.2, -0.15) is 0 Å². The minimum absolute atomic E-state index is 0.0700. The molecule has 2 heterocycles. The molecule has 1 aliphatic heterocycles. The summed E-state index contributed by atoms with van der Waals surface area (Å²) in [5, 5.41) is 3.91. The molecule has 3 aromatic carbocycles. The Morgan fingerprint density at radius 2 is 1.84 bits per heavy atom. The average Bonchev–Trinajstić information content (AvgIpc) is 2.87.